The summed E-state index contributed by atoms with van der Waals surface area (Å²) in [4.78, 5) is 10.1. The molecule has 0 fully saturated rings. The highest BCUT2D eigenvalue weighted by atomic mass is 35.5. The van der Waals surface area contributed by atoms with Gasteiger partial charge in [0, 0.05) is 11.1 Å². The number of primary sulfonamides is 1. The lowest BCUT2D eigenvalue weighted by Gasteiger charge is -2.06. The topological polar surface area (TPSA) is 113 Å². The number of nitro groups is 1. The molecule has 18 heavy (non-hydrogen) atoms. The van der Waals surface area contributed by atoms with E-state index in [1.54, 1.807) is 0 Å². The lowest BCUT2D eigenvalue weighted by Crippen LogP contribution is -2.18. The van der Waals surface area contributed by atoms with Crippen LogP contribution in [0.3, 0.4) is 0 Å². The summed E-state index contributed by atoms with van der Waals surface area (Å²) in [5.74, 6) is -0.201. The Kier molecular flexibility index (Phi) is 4.88. The van der Waals surface area contributed by atoms with Gasteiger partial charge in [0.1, 0.15) is 0 Å². The van der Waals surface area contributed by atoms with Gasteiger partial charge in [-0.1, -0.05) is 11.6 Å². The van der Waals surface area contributed by atoms with Crippen molar-refractivity contribution in [2.45, 2.75) is 6.42 Å². The van der Waals surface area contributed by atoms with E-state index in [1.165, 1.54) is 12.1 Å². The van der Waals surface area contributed by atoms with Crippen LogP contribution in [0.2, 0.25) is 5.02 Å². The zero-order valence-electron chi connectivity index (χ0n) is 9.21. The Balaban J connectivity index is 2.65. The maximum atomic E-state index is 10.7. The molecule has 1 aromatic carbocycles. The molecule has 2 N–H and O–H groups in total. The van der Waals surface area contributed by atoms with Crippen molar-refractivity contribution in [2.24, 2.45) is 5.14 Å². The molecule has 1 rings (SSSR count). The molecule has 1 aromatic rings. The summed E-state index contributed by atoms with van der Waals surface area (Å²) in [6.07, 6.45) is 0.151. The second-order valence-corrected chi connectivity index (χ2v) is 5.61. The van der Waals surface area contributed by atoms with Gasteiger partial charge in [0.15, 0.2) is 5.75 Å². The molecule has 0 saturated heterocycles. The quantitative estimate of drug-likeness (QED) is 0.483. The first-order valence-corrected chi connectivity index (χ1v) is 6.96. The van der Waals surface area contributed by atoms with E-state index in [2.05, 4.69) is 0 Å². The smallest absolute Gasteiger partial charge is 0.312 e. The third kappa shape index (κ3) is 4.86. The lowest BCUT2D eigenvalue weighted by molar-refractivity contribution is -0.385. The number of nitro benzene ring substituents is 1. The van der Waals surface area contributed by atoms with E-state index in [4.69, 9.17) is 21.5 Å². The largest absolute Gasteiger partial charge is 0.487 e. The molecule has 0 heterocycles. The monoisotopic (exact) mass is 294 g/mol. The van der Waals surface area contributed by atoms with Crippen molar-refractivity contribution in [3.63, 3.8) is 0 Å². The SMILES string of the molecule is NS(=O)(=O)CCCOc1ccc(Cl)cc1[N+](=O)[O-]. The van der Waals surface area contributed by atoms with E-state index < -0.39 is 14.9 Å². The molecule has 0 amide bonds. The van der Waals surface area contributed by atoms with Crippen LogP contribution in [0.25, 0.3) is 0 Å². The van der Waals surface area contributed by atoms with Crippen molar-refractivity contribution in [3.05, 3.63) is 33.3 Å². The van der Waals surface area contributed by atoms with Crippen LogP contribution in [-0.2, 0) is 10.0 Å². The third-order valence-corrected chi connectivity index (χ3v) is 3.04. The van der Waals surface area contributed by atoms with Crippen LogP contribution in [0.15, 0.2) is 18.2 Å². The Labute approximate surface area is 109 Å². The number of hydrogen-bond acceptors (Lipinski definition) is 5. The molecule has 0 bridgehead atoms. The molecule has 0 aliphatic heterocycles. The zero-order chi connectivity index (χ0) is 13.8. The Bertz CT molecular complexity index is 546. The van der Waals surface area contributed by atoms with Crippen LogP contribution < -0.4 is 9.88 Å². The van der Waals surface area contributed by atoms with Crippen LogP contribution in [0, 0.1) is 10.1 Å². The summed E-state index contributed by atoms with van der Waals surface area (Å²) in [6.45, 7) is 0.0128. The number of sulfonamides is 1. The van der Waals surface area contributed by atoms with Gasteiger partial charge in [0.05, 0.1) is 17.3 Å². The summed E-state index contributed by atoms with van der Waals surface area (Å²) in [6, 6.07) is 3.97. The first-order chi connectivity index (χ1) is 8.29. The number of nitrogens with zero attached hydrogens (tertiary/aromatic N) is 1. The maximum Gasteiger partial charge on any atom is 0.312 e. The summed E-state index contributed by atoms with van der Waals surface area (Å²) in [5.41, 5.74) is -0.266. The van der Waals surface area contributed by atoms with Crippen LogP contribution in [0.5, 0.6) is 5.75 Å². The minimum absolute atomic E-state index is 0.0128. The molecule has 0 aromatic heterocycles. The second-order valence-electron chi connectivity index (χ2n) is 3.44. The van der Waals surface area contributed by atoms with Crippen LogP contribution in [0.4, 0.5) is 5.69 Å². The van der Waals surface area contributed by atoms with Crippen molar-refractivity contribution in [1.29, 1.82) is 0 Å². The average molecular weight is 295 g/mol. The number of nitrogens with two attached hydrogens (primary N) is 1. The Morgan fingerprint density at radius 2 is 2.11 bits per heavy atom. The second kappa shape index (κ2) is 5.98. The minimum atomic E-state index is -3.55. The molecule has 0 radical (unpaired) electrons. The van der Waals surface area contributed by atoms with Crippen molar-refractivity contribution < 1.29 is 18.1 Å². The minimum Gasteiger partial charge on any atom is -0.487 e. The predicted molar refractivity (Wildman–Crippen MR) is 66.2 cm³/mol. The highest BCUT2D eigenvalue weighted by Crippen LogP contribution is 2.29. The van der Waals surface area contributed by atoms with Gasteiger partial charge in [0.25, 0.3) is 0 Å². The van der Waals surface area contributed by atoms with Crippen LogP contribution in [0.1, 0.15) is 6.42 Å². The van der Waals surface area contributed by atoms with Crippen molar-refractivity contribution in [3.8, 4) is 5.75 Å². The lowest BCUT2D eigenvalue weighted by atomic mass is 10.3. The van der Waals surface area contributed by atoms with Crippen LogP contribution >= 0.6 is 11.6 Å². The van der Waals surface area contributed by atoms with Gasteiger partial charge in [-0.05, 0) is 18.6 Å². The predicted octanol–water partition coefficient (Wildman–Crippen LogP) is 1.31. The van der Waals surface area contributed by atoms with E-state index in [-0.39, 0.29) is 35.2 Å². The maximum absolute atomic E-state index is 10.7. The molecular formula is C9H11ClN2O5S. The molecule has 0 saturated carbocycles. The van der Waals surface area contributed by atoms with Gasteiger partial charge in [-0.2, -0.15) is 0 Å². The number of rotatable bonds is 6. The average Bonchev–Trinajstić information content (AvgIpc) is 2.24. The standard InChI is InChI=1S/C9H11ClN2O5S/c10-7-2-3-9(8(6-7)12(13)14)17-4-1-5-18(11,15)16/h2-3,6H,1,4-5H2,(H2,11,15,16). The number of ether oxygens (including phenoxy) is 1. The van der Waals surface area contributed by atoms with Crippen molar-refractivity contribution >= 4 is 27.3 Å². The number of benzene rings is 1. The molecule has 0 spiro atoms. The molecule has 0 aliphatic carbocycles. The first kappa shape index (κ1) is 14.7. The van der Waals surface area contributed by atoms with Gasteiger partial charge in [-0.15, -0.1) is 0 Å². The van der Waals surface area contributed by atoms with Gasteiger partial charge >= 0.3 is 5.69 Å². The van der Waals surface area contributed by atoms with E-state index in [1.807, 2.05) is 0 Å². The molecule has 7 nitrogen and oxygen atoms in total. The fraction of sp³-hybridized carbons (Fsp3) is 0.333. The molecule has 100 valence electrons. The van der Waals surface area contributed by atoms with Crippen molar-refractivity contribution in [1.82, 2.24) is 0 Å². The summed E-state index contributed by atoms with van der Waals surface area (Å²) < 4.78 is 26.4. The normalized spacial score (nSPS) is 11.2. The zero-order valence-corrected chi connectivity index (χ0v) is 10.8. The fourth-order valence-electron chi connectivity index (χ4n) is 1.20. The van der Waals surface area contributed by atoms with E-state index >= 15 is 0 Å². The highest BCUT2D eigenvalue weighted by Gasteiger charge is 2.15. The van der Waals surface area contributed by atoms with Gasteiger partial charge in [-0.25, -0.2) is 13.6 Å². The summed E-state index contributed by atoms with van der Waals surface area (Å²) in [5, 5.41) is 15.7. The Hall–Kier alpha value is -1.38. The summed E-state index contributed by atoms with van der Waals surface area (Å²) in [7, 11) is -3.55. The molecule has 9 heteroatoms. The Morgan fingerprint density at radius 1 is 1.44 bits per heavy atom. The van der Waals surface area contributed by atoms with Crippen LogP contribution in [-0.4, -0.2) is 25.7 Å². The highest BCUT2D eigenvalue weighted by molar-refractivity contribution is 7.89. The van der Waals surface area contributed by atoms with Gasteiger partial charge < -0.3 is 4.74 Å². The molecular weight excluding hydrogens is 284 g/mol. The number of halogens is 1. The van der Waals surface area contributed by atoms with E-state index in [0.29, 0.717) is 0 Å². The van der Waals surface area contributed by atoms with Gasteiger partial charge in [-0.3, -0.25) is 10.1 Å². The molecule has 0 atom stereocenters. The molecule has 0 unspecified atom stereocenters. The summed E-state index contributed by atoms with van der Waals surface area (Å²) >= 11 is 5.63. The molecule has 0 aliphatic rings. The van der Waals surface area contributed by atoms with E-state index in [0.717, 1.165) is 6.07 Å². The first-order valence-electron chi connectivity index (χ1n) is 4.87. The number of hydrogen-bond donors (Lipinski definition) is 1. The van der Waals surface area contributed by atoms with Gasteiger partial charge in [0.2, 0.25) is 10.0 Å². The third-order valence-electron chi connectivity index (χ3n) is 1.95. The fourth-order valence-corrected chi connectivity index (χ4v) is 1.88. The van der Waals surface area contributed by atoms with E-state index in [9.17, 15) is 18.5 Å². The Morgan fingerprint density at radius 3 is 2.67 bits per heavy atom. The van der Waals surface area contributed by atoms with Crippen molar-refractivity contribution in [2.75, 3.05) is 12.4 Å².